The first-order chi connectivity index (χ1) is 9.11. The van der Waals surface area contributed by atoms with Crippen molar-refractivity contribution < 1.29 is 8.95 Å². The van der Waals surface area contributed by atoms with Crippen molar-refractivity contribution in [1.29, 1.82) is 0 Å². The zero-order valence-electron chi connectivity index (χ0n) is 12.0. The van der Waals surface area contributed by atoms with E-state index in [-0.39, 0.29) is 0 Å². The molecule has 0 saturated carbocycles. The molecule has 2 atom stereocenters. The second kappa shape index (κ2) is 6.53. The Morgan fingerprint density at radius 2 is 2.05 bits per heavy atom. The van der Waals surface area contributed by atoms with Crippen molar-refractivity contribution in [2.75, 3.05) is 19.4 Å². The Bertz CT molecular complexity index is 430. The summed E-state index contributed by atoms with van der Waals surface area (Å²) in [6, 6.07) is 8.45. The minimum absolute atomic E-state index is 0.297. The summed E-state index contributed by atoms with van der Waals surface area (Å²) in [6.07, 6.45) is 2.22. The van der Waals surface area contributed by atoms with Crippen molar-refractivity contribution in [2.24, 2.45) is 5.92 Å². The predicted molar refractivity (Wildman–Crippen MR) is 79.5 cm³/mol. The molecule has 19 heavy (non-hydrogen) atoms. The number of hydrogen-bond acceptors (Lipinski definition) is 2. The highest BCUT2D eigenvalue weighted by atomic mass is 32.2. The van der Waals surface area contributed by atoms with Gasteiger partial charge in [-0.1, -0.05) is 26.0 Å². The number of nitrogens with zero attached hydrogens (tertiary/aromatic N) is 1. The first-order valence-electron chi connectivity index (χ1n) is 6.91. The molecule has 0 amide bonds. The lowest BCUT2D eigenvalue weighted by atomic mass is 10.1. The quantitative estimate of drug-likeness (QED) is 0.830. The zero-order chi connectivity index (χ0) is 13.8. The van der Waals surface area contributed by atoms with Crippen LogP contribution in [-0.2, 0) is 11.0 Å². The van der Waals surface area contributed by atoms with E-state index in [2.05, 4.69) is 30.3 Å². The van der Waals surface area contributed by atoms with E-state index in [1.54, 1.807) is 7.11 Å². The van der Waals surface area contributed by atoms with E-state index in [0.717, 1.165) is 30.9 Å². The molecule has 0 radical (unpaired) electrons. The summed E-state index contributed by atoms with van der Waals surface area (Å²) in [5.41, 5.74) is 1.25. The Kier molecular flexibility index (Phi) is 4.99. The van der Waals surface area contributed by atoms with Crippen molar-refractivity contribution in [3.05, 3.63) is 29.8 Å². The Morgan fingerprint density at radius 3 is 2.63 bits per heavy atom. The highest BCUT2D eigenvalue weighted by Crippen LogP contribution is 2.34. The fourth-order valence-electron chi connectivity index (χ4n) is 2.52. The molecule has 0 N–H and O–H groups in total. The number of rotatable bonds is 5. The van der Waals surface area contributed by atoms with Crippen molar-refractivity contribution >= 4 is 11.0 Å². The van der Waals surface area contributed by atoms with E-state index < -0.39 is 11.0 Å². The van der Waals surface area contributed by atoms with Crippen LogP contribution in [0.5, 0.6) is 5.75 Å². The second-order valence-corrected chi connectivity index (χ2v) is 6.90. The van der Waals surface area contributed by atoms with Gasteiger partial charge in [0.2, 0.25) is 0 Å². The third-order valence-corrected chi connectivity index (χ3v) is 5.35. The van der Waals surface area contributed by atoms with Crippen LogP contribution in [0.25, 0.3) is 0 Å². The van der Waals surface area contributed by atoms with Crippen LogP contribution in [0.3, 0.4) is 0 Å². The van der Waals surface area contributed by atoms with Gasteiger partial charge in [-0.2, -0.15) is 0 Å². The molecule has 0 bridgehead atoms. The molecular formula is C15H23NO2S. The average molecular weight is 281 g/mol. The third-order valence-electron chi connectivity index (χ3n) is 3.44. The van der Waals surface area contributed by atoms with Gasteiger partial charge in [0, 0.05) is 18.3 Å². The topological polar surface area (TPSA) is 29.5 Å². The SMILES string of the molecule is COc1ccc([C@H]2CCCN2S(=O)CC(C)C)cc1. The molecule has 2 rings (SSSR count). The summed E-state index contributed by atoms with van der Waals surface area (Å²) in [7, 11) is 0.814. The summed E-state index contributed by atoms with van der Waals surface area (Å²) in [5, 5.41) is 0. The van der Waals surface area contributed by atoms with E-state index in [0.29, 0.717) is 12.0 Å². The van der Waals surface area contributed by atoms with Gasteiger partial charge in [0.25, 0.3) is 0 Å². The predicted octanol–water partition coefficient (Wildman–Crippen LogP) is 3.15. The molecule has 1 unspecified atom stereocenters. The summed E-state index contributed by atoms with van der Waals surface area (Å²) in [6.45, 7) is 5.18. The minimum Gasteiger partial charge on any atom is -0.497 e. The van der Waals surface area contributed by atoms with Gasteiger partial charge in [-0.3, -0.25) is 0 Å². The molecule has 1 heterocycles. The van der Waals surface area contributed by atoms with Crippen LogP contribution in [0.1, 0.15) is 38.3 Å². The maximum atomic E-state index is 12.4. The molecule has 0 aliphatic carbocycles. The van der Waals surface area contributed by atoms with Gasteiger partial charge in [-0.25, -0.2) is 8.51 Å². The lowest BCUT2D eigenvalue weighted by Gasteiger charge is -2.24. The second-order valence-electron chi connectivity index (χ2n) is 5.45. The minimum atomic E-state index is -0.861. The summed E-state index contributed by atoms with van der Waals surface area (Å²) in [5.74, 6) is 2.10. The summed E-state index contributed by atoms with van der Waals surface area (Å²) in [4.78, 5) is 0. The van der Waals surface area contributed by atoms with Crippen LogP contribution in [-0.4, -0.2) is 27.9 Å². The van der Waals surface area contributed by atoms with Gasteiger partial charge < -0.3 is 4.74 Å². The molecular weight excluding hydrogens is 258 g/mol. The van der Waals surface area contributed by atoms with Crippen molar-refractivity contribution in [2.45, 2.75) is 32.7 Å². The Labute approximate surface area is 118 Å². The Hall–Kier alpha value is -0.870. The van der Waals surface area contributed by atoms with Gasteiger partial charge in [-0.05, 0) is 36.5 Å². The van der Waals surface area contributed by atoms with Crippen molar-refractivity contribution in [3.63, 3.8) is 0 Å². The number of benzene rings is 1. The maximum Gasteiger partial charge on any atom is 0.118 e. The molecule has 1 aliphatic heterocycles. The molecule has 106 valence electrons. The first-order valence-corrected chi connectivity index (χ1v) is 8.18. The van der Waals surface area contributed by atoms with E-state index in [4.69, 9.17) is 4.74 Å². The van der Waals surface area contributed by atoms with E-state index in [9.17, 15) is 4.21 Å². The molecule has 1 saturated heterocycles. The molecule has 1 aromatic carbocycles. The summed E-state index contributed by atoms with van der Waals surface area (Å²) >= 11 is 0. The molecule has 4 heteroatoms. The molecule has 3 nitrogen and oxygen atoms in total. The van der Waals surface area contributed by atoms with Crippen molar-refractivity contribution in [1.82, 2.24) is 4.31 Å². The highest BCUT2D eigenvalue weighted by Gasteiger charge is 2.30. The fraction of sp³-hybridized carbons (Fsp3) is 0.600. The smallest absolute Gasteiger partial charge is 0.118 e. The van der Waals surface area contributed by atoms with Crippen LogP contribution in [0.2, 0.25) is 0 Å². The Morgan fingerprint density at radius 1 is 1.37 bits per heavy atom. The number of ether oxygens (including phenoxy) is 1. The van der Waals surface area contributed by atoms with Gasteiger partial charge in [0.05, 0.1) is 18.1 Å². The first kappa shape index (κ1) is 14.5. The van der Waals surface area contributed by atoms with Crippen LogP contribution >= 0.6 is 0 Å². The van der Waals surface area contributed by atoms with Crippen LogP contribution in [0, 0.1) is 5.92 Å². The molecule has 0 spiro atoms. The van der Waals surface area contributed by atoms with Crippen LogP contribution < -0.4 is 4.74 Å². The lowest BCUT2D eigenvalue weighted by Crippen LogP contribution is -2.28. The molecule has 0 aromatic heterocycles. The van der Waals surface area contributed by atoms with E-state index in [1.165, 1.54) is 5.56 Å². The normalized spacial score (nSPS) is 21.8. The number of hydrogen-bond donors (Lipinski definition) is 0. The summed E-state index contributed by atoms with van der Waals surface area (Å²) < 4.78 is 19.7. The fourth-order valence-corrected chi connectivity index (χ4v) is 4.13. The third kappa shape index (κ3) is 3.57. The number of methoxy groups -OCH3 is 1. The standard InChI is InChI=1S/C15H23NO2S/c1-12(2)11-19(17)16-10-4-5-15(16)13-6-8-14(18-3)9-7-13/h6-9,12,15H,4-5,10-11H2,1-3H3/t15-,19?/m1/s1. The zero-order valence-corrected chi connectivity index (χ0v) is 12.8. The molecule has 1 aliphatic rings. The molecule has 1 fully saturated rings. The van der Waals surface area contributed by atoms with Crippen LogP contribution in [0.4, 0.5) is 0 Å². The van der Waals surface area contributed by atoms with Crippen LogP contribution in [0.15, 0.2) is 24.3 Å². The van der Waals surface area contributed by atoms with Gasteiger partial charge in [0.1, 0.15) is 5.75 Å². The highest BCUT2D eigenvalue weighted by molar-refractivity contribution is 7.82. The lowest BCUT2D eigenvalue weighted by molar-refractivity contribution is 0.410. The van der Waals surface area contributed by atoms with Gasteiger partial charge in [0.15, 0.2) is 0 Å². The molecule has 1 aromatic rings. The van der Waals surface area contributed by atoms with Crippen molar-refractivity contribution in [3.8, 4) is 5.75 Å². The monoisotopic (exact) mass is 281 g/mol. The maximum absolute atomic E-state index is 12.4. The Balaban J connectivity index is 2.11. The van der Waals surface area contributed by atoms with Gasteiger partial charge >= 0.3 is 0 Å². The van der Waals surface area contributed by atoms with E-state index in [1.807, 2.05) is 12.1 Å². The largest absolute Gasteiger partial charge is 0.497 e. The average Bonchev–Trinajstić information content (AvgIpc) is 2.87. The van der Waals surface area contributed by atoms with Gasteiger partial charge in [-0.15, -0.1) is 0 Å². The van der Waals surface area contributed by atoms with E-state index >= 15 is 0 Å².